The van der Waals surface area contributed by atoms with Crippen LogP contribution in [0.3, 0.4) is 0 Å². The van der Waals surface area contributed by atoms with Crippen molar-refractivity contribution in [1.29, 1.82) is 0 Å². The summed E-state index contributed by atoms with van der Waals surface area (Å²) in [7, 11) is 0. The van der Waals surface area contributed by atoms with Gasteiger partial charge in [-0.2, -0.15) is 4.91 Å². The summed E-state index contributed by atoms with van der Waals surface area (Å²) in [6, 6.07) is 6.61. The van der Waals surface area contributed by atoms with Gasteiger partial charge in [-0.1, -0.05) is 29.4 Å². The minimum atomic E-state index is -1.55. The van der Waals surface area contributed by atoms with Crippen LogP contribution >= 0.6 is 0 Å². The van der Waals surface area contributed by atoms with Gasteiger partial charge in [0.1, 0.15) is 12.1 Å². The van der Waals surface area contributed by atoms with Crippen molar-refractivity contribution < 1.29 is 13.9 Å². The third-order valence-electron chi connectivity index (χ3n) is 3.25. The Hall–Kier alpha value is -1.98. The van der Waals surface area contributed by atoms with Crippen LogP contribution in [0.4, 0.5) is 9.18 Å². The Morgan fingerprint density at radius 1 is 1.33 bits per heavy atom. The van der Waals surface area contributed by atoms with Crippen LogP contribution in [0.1, 0.15) is 31.9 Å². The second kappa shape index (κ2) is 5.42. The second-order valence-electron chi connectivity index (χ2n) is 6.29. The standard InChI is InChI=1S/C15H19FN2O3/c1-14(2,3)21-13(19)18-9-15(16,10-18)12-6-4-11(5-7-12)8-17-20/h4-7H,8-10H2,1-3H3. The smallest absolute Gasteiger partial charge is 0.410 e. The van der Waals surface area contributed by atoms with Crippen molar-refractivity contribution in [3.63, 3.8) is 0 Å². The fraction of sp³-hybridized carbons (Fsp3) is 0.533. The first-order chi connectivity index (χ1) is 9.73. The van der Waals surface area contributed by atoms with Gasteiger partial charge in [0.2, 0.25) is 0 Å². The molecule has 1 saturated heterocycles. The van der Waals surface area contributed by atoms with Gasteiger partial charge in [-0.3, -0.25) is 0 Å². The zero-order valence-corrected chi connectivity index (χ0v) is 12.4. The van der Waals surface area contributed by atoms with Crippen LogP contribution < -0.4 is 0 Å². The van der Waals surface area contributed by atoms with Gasteiger partial charge in [0.05, 0.1) is 13.1 Å². The summed E-state index contributed by atoms with van der Waals surface area (Å²) < 4.78 is 19.9. The van der Waals surface area contributed by atoms with Gasteiger partial charge in [0.15, 0.2) is 5.67 Å². The number of amides is 1. The van der Waals surface area contributed by atoms with Crippen molar-refractivity contribution in [2.24, 2.45) is 5.18 Å². The maximum atomic E-state index is 14.7. The molecule has 1 heterocycles. The minimum Gasteiger partial charge on any atom is -0.444 e. The molecule has 0 saturated carbocycles. The number of rotatable bonds is 3. The van der Waals surface area contributed by atoms with Crippen LogP contribution in [0.15, 0.2) is 29.4 Å². The summed E-state index contributed by atoms with van der Waals surface area (Å²) >= 11 is 0. The lowest BCUT2D eigenvalue weighted by atomic mass is 9.88. The Balaban J connectivity index is 1.97. The Bertz CT molecular complexity index is 531. The molecule has 114 valence electrons. The van der Waals surface area contributed by atoms with E-state index in [-0.39, 0.29) is 19.6 Å². The van der Waals surface area contributed by atoms with Crippen LogP contribution in [-0.4, -0.2) is 29.7 Å². The molecule has 0 unspecified atom stereocenters. The van der Waals surface area contributed by atoms with Crippen LogP contribution in [0.5, 0.6) is 0 Å². The number of hydrogen-bond donors (Lipinski definition) is 0. The molecular formula is C15H19FN2O3. The highest BCUT2D eigenvalue weighted by Gasteiger charge is 2.48. The van der Waals surface area contributed by atoms with Crippen molar-refractivity contribution in [3.05, 3.63) is 40.3 Å². The lowest BCUT2D eigenvalue weighted by Gasteiger charge is -2.44. The fourth-order valence-electron chi connectivity index (χ4n) is 2.18. The number of benzene rings is 1. The van der Waals surface area contributed by atoms with E-state index in [0.717, 1.165) is 5.56 Å². The summed E-state index contributed by atoms with van der Waals surface area (Å²) in [5.74, 6) is 0. The number of nitrogens with zero attached hydrogens (tertiary/aromatic N) is 2. The molecule has 0 aromatic heterocycles. The van der Waals surface area contributed by atoms with Crippen LogP contribution in [0.2, 0.25) is 0 Å². The highest BCUT2D eigenvalue weighted by Crippen LogP contribution is 2.36. The number of halogens is 1. The van der Waals surface area contributed by atoms with E-state index in [9.17, 15) is 14.1 Å². The van der Waals surface area contributed by atoms with E-state index in [0.29, 0.717) is 5.56 Å². The SMILES string of the molecule is CC(C)(C)OC(=O)N1CC(F)(c2ccc(CN=O)cc2)C1. The van der Waals surface area contributed by atoms with Gasteiger partial charge in [0, 0.05) is 0 Å². The molecule has 0 radical (unpaired) electrons. The van der Waals surface area contributed by atoms with Gasteiger partial charge in [0.25, 0.3) is 0 Å². The third kappa shape index (κ3) is 3.56. The molecule has 1 aromatic carbocycles. The lowest BCUT2D eigenvalue weighted by molar-refractivity contribution is -0.0537. The quantitative estimate of drug-likeness (QED) is 0.803. The Morgan fingerprint density at radius 2 is 1.90 bits per heavy atom. The summed E-state index contributed by atoms with van der Waals surface area (Å²) in [5, 5.41) is 2.79. The molecule has 2 rings (SSSR count). The molecule has 0 bridgehead atoms. The fourth-order valence-corrected chi connectivity index (χ4v) is 2.18. The van der Waals surface area contributed by atoms with Crippen LogP contribution in [0, 0.1) is 4.91 Å². The normalized spacial score (nSPS) is 17.0. The Labute approximate surface area is 123 Å². The number of carbonyl (C=O) groups is 1. The molecule has 0 N–H and O–H groups in total. The first-order valence-corrected chi connectivity index (χ1v) is 6.79. The zero-order chi connectivity index (χ0) is 15.7. The molecule has 0 aliphatic carbocycles. The van der Waals surface area contributed by atoms with Gasteiger partial charge in [-0.25, -0.2) is 9.18 Å². The van der Waals surface area contributed by atoms with Crippen molar-refractivity contribution in [2.45, 2.75) is 38.6 Å². The van der Waals surface area contributed by atoms with E-state index in [1.54, 1.807) is 45.0 Å². The van der Waals surface area contributed by atoms with Crippen molar-refractivity contribution in [3.8, 4) is 0 Å². The molecule has 1 aliphatic heterocycles. The number of hydrogen-bond acceptors (Lipinski definition) is 4. The van der Waals surface area contributed by atoms with E-state index in [2.05, 4.69) is 5.18 Å². The Morgan fingerprint density at radius 3 is 2.38 bits per heavy atom. The molecule has 21 heavy (non-hydrogen) atoms. The molecule has 6 heteroatoms. The van der Waals surface area contributed by atoms with E-state index in [1.807, 2.05) is 0 Å². The van der Waals surface area contributed by atoms with Gasteiger partial charge in [-0.05, 0) is 31.9 Å². The predicted molar refractivity (Wildman–Crippen MR) is 76.5 cm³/mol. The minimum absolute atomic E-state index is 0.0206. The largest absolute Gasteiger partial charge is 0.444 e. The van der Waals surface area contributed by atoms with E-state index in [4.69, 9.17) is 4.74 Å². The predicted octanol–water partition coefficient (Wildman–Crippen LogP) is 3.37. The molecule has 1 fully saturated rings. The van der Waals surface area contributed by atoms with Gasteiger partial charge < -0.3 is 9.64 Å². The summed E-state index contributed by atoms with van der Waals surface area (Å²) in [6.45, 7) is 5.34. The molecule has 5 nitrogen and oxygen atoms in total. The van der Waals surface area contributed by atoms with Crippen LogP contribution in [0.25, 0.3) is 0 Å². The summed E-state index contributed by atoms with van der Waals surface area (Å²) in [4.78, 5) is 23.3. The number of ether oxygens (including phenoxy) is 1. The topological polar surface area (TPSA) is 59.0 Å². The highest BCUT2D eigenvalue weighted by molar-refractivity contribution is 5.70. The van der Waals surface area contributed by atoms with Crippen molar-refractivity contribution in [1.82, 2.24) is 4.90 Å². The maximum Gasteiger partial charge on any atom is 0.410 e. The molecule has 0 atom stereocenters. The zero-order valence-electron chi connectivity index (χ0n) is 12.4. The summed E-state index contributed by atoms with van der Waals surface area (Å²) in [5.41, 5.74) is -0.906. The third-order valence-corrected chi connectivity index (χ3v) is 3.25. The number of carbonyl (C=O) groups excluding carboxylic acids is 1. The monoisotopic (exact) mass is 294 g/mol. The van der Waals surface area contributed by atoms with E-state index < -0.39 is 17.4 Å². The molecular weight excluding hydrogens is 275 g/mol. The van der Waals surface area contributed by atoms with E-state index >= 15 is 0 Å². The van der Waals surface area contributed by atoms with E-state index in [1.165, 1.54) is 4.90 Å². The van der Waals surface area contributed by atoms with Gasteiger partial charge in [-0.15, -0.1) is 0 Å². The lowest BCUT2D eigenvalue weighted by Crippen LogP contribution is -2.59. The van der Waals surface area contributed by atoms with Gasteiger partial charge >= 0.3 is 6.09 Å². The molecule has 1 aliphatic rings. The molecule has 0 spiro atoms. The second-order valence-corrected chi connectivity index (χ2v) is 6.29. The Kier molecular flexibility index (Phi) is 3.98. The molecule has 1 aromatic rings. The maximum absolute atomic E-state index is 14.7. The number of nitroso groups, excluding NO2 is 1. The van der Waals surface area contributed by atoms with Crippen LogP contribution in [-0.2, 0) is 17.0 Å². The van der Waals surface area contributed by atoms with Crippen molar-refractivity contribution >= 4 is 6.09 Å². The number of likely N-dealkylation sites (tertiary alicyclic amines) is 1. The average molecular weight is 294 g/mol. The average Bonchev–Trinajstić information content (AvgIpc) is 2.34. The summed E-state index contributed by atoms with van der Waals surface area (Å²) in [6.07, 6.45) is -0.502. The molecule has 1 amide bonds. The first kappa shape index (κ1) is 15.4. The first-order valence-electron chi connectivity index (χ1n) is 6.79. The van der Waals surface area contributed by atoms with Crippen molar-refractivity contribution in [2.75, 3.05) is 13.1 Å². The highest BCUT2D eigenvalue weighted by atomic mass is 19.1. The number of alkyl halides is 1.